The summed E-state index contributed by atoms with van der Waals surface area (Å²) in [5, 5.41) is 12.6. The van der Waals surface area contributed by atoms with Gasteiger partial charge in [-0.3, -0.25) is 14.5 Å². The zero-order chi connectivity index (χ0) is 22.3. The predicted molar refractivity (Wildman–Crippen MR) is 131 cm³/mol. The first kappa shape index (κ1) is 21.9. The molecule has 4 rings (SSSR count). The topological polar surface area (TPSA) is 75.6 Å². The minimum absolute atomic E-state index is 0.0239. The standard InChI is InChI=1S/C24H23N5OS2/c1-2-13-29-21(27-28-24(29)31)14-19-16-32-23(25-19)26-22(30)15-20(17-9-5-3-6-10-17)18-11-7-4-8-12-18/h2-12,16,20H,1,13-15H2,(H,28,31)(H,25,26,30). The molecule has 32 heavy (non-hydrogen) atoms. The van der Waals surface area contributed by atoms with Crippen molar-refractivity contribution in [2.45, 2.75) is 25.3 Å². The Hall–Kier alpha value is -3.36. The number of aromatic amines is 1. The molecule has 0 radical (unpaired) electrons. The molecular formula is C24H23N5OS2. The van der Waals surface area contributed by atoms with Crippen molar-refractivity contribution in [2.24, 2.45) is 0 Å². The van der Waals surface area contributed by atoms with Gasteiger partial charge in [0.2, 0.25) is 5.91 Å². The lowest BCUT2D eigenvalue weighted by atomic mass is 9.88. The van der Waals surface area contributed by atoms with Gasteiger partial charge >= 0.3 is 0 Å². The highest BCUT2D eigenvalue weighted by Gasteiger charge is 2.19. The van der Waals surface area contributed by atoms with E-state index >= 15 is 0 Å². The maximum Gasteiger partial charge on any atom is 0.227 e. The molecule has 0 fully saturated rings. The fourth-order valence-corrected chi connectivity index (χ4v) is 4.52. The van der Waals surface area contributed by atoms with Crippen LogP contribution in [0.1, 0.15) is 35.0 Å². The lowest BCUT2D eigenvalue weighted by Crippen LogP contribution is -2.16. The zero-order valence-corrected chi connectivity index (χ0v) is 19.0. The number of allylic oxidation sites excluding steroid dienone is 1. The van der Waals surface area contributed by atoms with Crippen LogP contribution < -0.4 is 5.32 Å². The van der Waals surface area contributed by atoms with E-state index in [0.717, 1.165) is 22.6 Å². The molecular weight excluding hydrogens is 438 g/mol. The molecule has 0 bridgehead atoms. The number of hydrogen-bond donors (Lipinski definition) is 2. The van der Waals surface area contributed by atoms with Gasteiger partial charge in [-0.15, -0.1) is 17.9 Å². The minimum Gasteiger partial charge on any atom is -0.302 e. The van der Waals surface area contributed by atoms with Crippen molar-refractivity contribution in [1.82, 2.24) is 19.7 Å². The van der Waals surface area contributed by atoms with Gasteiger partial charge in [-0.1, -0.05) is 66.7 Å². The molecule has 2 aromatic carbocycles. The number of anilines is 1. The van der Waals surface area contributed by atoms with Crippen LogP contribution in [0.4, 0.5) is 5.13 Å². The summed E-state index contributed by atoms with van der Waals surface area (Å²) in [4.78, 5) is 17.5. The number of benzene rings is 2. The molecule has 0 atom stereocenters. The van der Waals surface area contributed by atoms with Crippen molar-refractivity contribution in [2.75, 3.05) is 5.32 Å². The monoisotopic (exact) mass is 461 g/mol. The first-order valence-electron chi connectivity index (χ1n) is 10.2. The lowest BCUT2D eigenvalue weighted by Gasteiger charge is -2.17. The van der Waals surface area contributed by atoms with Gasteiger partial charge in [-0.2, -0.15) is 5.10 Å². The van der Waals surface area contributed by atoms with Gasteiger partial charge in [0.15, 0.2) is 9.90 Å². The fourth-order valence-electron chi connectivity index (χ4n) is 3.56. The van der Waals surface area contributed by atoms with E-state index in [2.05, 4.69) is 51.3 Å². The molecule has 2 aromatic heterocycles. The minimum atomic E-state index is -0.0714. The highest BCUT2D eigenvalue weighted by Crippen LogP contribution is 2.28. The van der Waals surface area contributed by atoms with Gasteiger partial charge in [-0.25, -0.2) is 4.98 Å². The van der Waals surface area contributed by atoms with E-state index in [1.165, 1.54) is 11.3 Å². The number of thiazole rings is 1. The van der Waals surface area contributed by atoms with E-state index in [4.69, 9.17) is 12.2 Å². The molecule has 4 aromatic rings. The van der Waals surface area contributed by atoms with Crippen molar-refractivity contribution < 1.29 is 4.79 Å². The molecule has 0 saturated heterocycles. The third-order valence-corrected chi connectivity index (χ3v) is 6.20. The third kappa shape index (κ3) is 5.27. The van der Waals surface area contributed by atoms with E-state index < -0.39 is 0 Å². The Morgan fingerprint density at radius 2 is 1.81 bits per heavy atom. The Balaban J connectivity index is 1.45. The number of carbonyl (C=O) groups is 1. The number of nitrogens with zero attached hydrogens (tertiary/aromatic N) is 3. The van der Waals surface area contributed by atoms with E-state index in [9.17, 15) is 4.79 Å². The van der Waals surface area contributed by atoms with E-state index in [0.29, 0.717) is 29.3 Å². The Labute approximate surface area is 195 Å². The molecule has 1 amide bonds. The number of amides is 1. The molecule has 0 aliphatic heterocycles. The average Bonchev–Trinajstić information content (AvgIpc) is 3.40. The van der Waals surface area contributed by atoms with Gasteiger partial charge in [-0.05, 0) is 23.3 Å². The highest BCUT2D eigenvalue weighted by molar-refractivity contribution is 7.71. The second kappa shape index (κ2) is 10.3. The van der Waals surface area contributed by atoms with Crippen LogP contribution in [-0.4, -0.2) is 25.7 Å². The van der Waals surface area contributed by atoms with E-state index in [-0.39, 0.29) is 11.8 Å². The summed E-state index contributed by atoms with van der Waals surface area (Å²) in [6.07, 6.45) is 2.63. The molecule has 8 heteroatoms. The van der Waals surface area contributed by atoms with Crippen molar-refractivity contribution in [3.8, 4) is 0 Å². The Morgan fingerprint density at radius 3 is 2.44 bits per heavy atom. The number of rotatable bonds is 9. The summed E-state index contributed by atoms with van der Waals surface area (Å²) in [6.45, 7) is 4.34. The van der Waals surface area contributed by atoms with Crippen LogP contribution in [0, 0.1) is 4.77 Å². The van der Waals surface area contributed by atoms with Crippen LogP contribution in [0.25, 0.3) is 0 Å². The van der Waals surface area contributed by atoms with Gasteiger partial charge in [0.25, 0.3) is 0 Å². The van der Waals surface area contributed by atoms with Crippen molar-refractivity contribution in [3.63, 3.8) is 0 Å². The summed E-state index contributed by atoms with van der Waals surface area (Å²) in [7, 11) is 0. The Morgan fingerprint density at radius 1 is 1.16 bits per heavy atom. The molecule has 0 aliphatic rings. The predicted octanol–water partition coefficient (Wildman–Crippen LogP) is 5.33. The fraction of sp³-hybridized carbons (Fsp3) is 0.167. The SMILES string of the molecule is C=CCn1c(Cc2csc(NC(=O)CC(c3ccccc3)c3ccccc3)n2)n[nH]c1=S. The summed E-state index contributed by atoms with van der Waals surface area (Å²) < 4.78 is 2.43. The average molecular weight is 462 g/mol. The zero-order valence-electron chi connectivity index (χ0n) is 17.4. The van der Waals surface area contributed by atoms with Crippen LogP contribution in [0.15, 0.2) is 78.7 Å². The van der Waals surface area contributed by atoms with Crippen molar-refractivity contribution in [1.29, 1.82) is 0 Å². The molecule has 0 spiro atoms. The number of carbonyl (C=O) groups excluding carboxylic acids is 1. The Kier molecular flexibility index (Phi) is 7.03. The third-order valence-electron chi connectivity index (χ3n) is 5.08. The molecule has 0 aliphatic carbocycles. The molecule has 0 saturated carbocycles. The van der Waals surface area contributed by atoms with Gasteiger partial charge in [0, 0.05) is 24.3 Å². The molecule has 162 valence electrons. The Bertz CT molecular complexity index is 1200. The maximum atomic E-state index is 12.9. The van der Waals surface area contributed by atoms with Crippen LogP contribution in [-0.2, 0) is 17.8 Å². The van der Waals surface area contributed by atoms with Crippen LogP contribution in [0.2, 0.25) is 0 Å². The van der Waals surface area contributed by atoms with Crippen LogP contribution in [0.3, 0.4) is 0 Å². The second-order valence-electron chi connectivity index (χ2n) is 7.29. The number of nitrogens with one attached hydrogen (secondary N) is 2. The molecule has 0 unspecified atom stereocenters. The first-order valence-corrected chi connectivity index (χ1v) is 11.5. The quantitative estimate of drug-likeness (QED) is 0.261. The lowest BCUT2D eigenvalue weighted by molar-refractivity contribution is -0.116. The van der Waals surface area contributed by atoms with Gasteiger partial charge in [0.1, 0.15) is 5.82 Å². The highest BCUT2D eigenvalue weighted by atomic mass is 32.1. The first-order chi connectivity index (χ1) is 15.6. The van der Waals surface area contributed by atoms with E-state index in [1.54, 1.807) is 6.08 Å². The number of H-pyrrole nitrogens is 1. The van der Waals surface area contributed by atoms with Crippen LogP contribution >= 0.6 is 23.6 Å². The maximum absolute atomic E-state index is 12.9. The second-order valence-corrected chi connectivity index (χ2v) is 8.54. The summed E-state index contributed by atoms with van der Waals surface area (Å²) in [5.74, 6) is 0.688. The van der Waals surface area contributed by atoms with E-state index in [1.807, 2.05) is 46.3 Å². The number of aromatic nitrogens is 4. The summed E-state index contributed by atoms with van der Waals surface area (Å²) >= 11 is 6.67. The normalized spacial score (nSPS) is 10.9. The largest absolute Gasteiger partial charge is 0.302 e. The van der Waals surface area contributed by atoms with Gasteiger partial charge < -0.3 is 5.32 Å². The van der Waals surface area contributed by atoms with Crippen molar-refractivity contribution in [3.05, 3.63) is 106 Å². The number of hydrogen-bond acceptors (Lipinski definition) is 5. The molecule has 2 heterocycles. The summed E-state index contributed by atoms with van der Waals surface area (Å²) in [5.41, 5.74) is 3.05. The molecule has 6 nitrogen and oxygen atoms in total. The molecule has 2 N–H and O–H groups in total. The smallest absolute Gasteiger partial charge is 0.227 e. The van der Waals surface area contributed by atoms with Crippen molar-refractivity contribution >= 4 is 34.6 Å². The van der Waals surface area contributed by atoms with Gasteiger partial charge in [0.05, 0.1) is 12.1 Å². The summed E-state index contributed by atoms with van der Waals surface area (Å²) in [6, 6.07) is 20.2. The van der Waals surface area contributed by atoms with Crippen LogP contribution in [0.5, 0.6) is 0 Å².